The molecule has 1 amide bonds. The van der Waals surface area contributed by atoms with Gasteiger partial charge in [-0.05, 0) is 32.6 Å². The predicted octanol–water partition coefficient (Wildman–Crippen LogP) is 2.36. The standard InChI is InChI=1S/C18H31N3O3/c1-13-6-5-7-16(10-13)24-12-18(22)19-11-17-14(2)20-21(15(17)3)8-9-23-4/h13,16H,5-12H2,1-4H3,(H,19,22). The van der Waals surface area contributed by atoms with Gasteiger partial charge in [0, 0.05) is 24.9 Å². The molecule has 6 heteroatoms. The summed E-state index contributed by atoms with van der Waals surface area (Å²) in [4.78, 5) is 12.1. The number of methoxy groups -OCH3 is 1. The van der Waals surface area contributed by atoms with E-state index in [1.807, 2.05) is 18.5 Å². The van der Waals surface area contributed by atoms with Crippen LogP contribution >= 0.6 is 0 Å². The number of carbonyl (C=O) groups is 1. The maximum atomic E-state index is 12.1. The fourth-order valence-electron chi connectivity index (χ4n) is 3.35. The molecule has 0 saturated heterocycles. The monoisotopic (exact) mass is 337 g/mol. The van der Waals surface area contributed by atoms with E-state index in [0.717, 1.165) is 36.3 Å². The summed E-state index contributed by atoms with van der Waals surface area (Å²) >= 11 is 0. The van der Waals surface area contributed by atoms with E-state index in [4.69, 9.17) is 9.47 Å². The number of rotatable bonds is 8. The minimum atomic E-state index is -0.0586. The lowest BCUT2D eigenvalue weighted by Crippen LogP contribution is -2.31. The van der Waals surface area contributed by atoms with Gasteiger partial charge in [-0.1, -0.05) is 19.8 Å². The predicted molar refractivity (Wildman–Crippen MR) is 92.8 cm³/mol. The summed E-state index contributed by atoms with van der Waals surface area (Å²) in [6.45, 7) is 8.24. The molecule has 24 heavy (non-hydrogen) atoms. The van der Waals surface area contributed by atoms with Crippen LogP contribution in [0.25, 0.3) is 0 Å². The molecule has 2 rings (SSSR count). The Morgan fingerprint density at radius 3 is 2.88 bits per heavy atom. The fraction of sp³-hybridized carbons (Fsp3) is 0.778. The molecule has 1 fully saturated rings. The molecule has 1 heterocycles. The number of amides is 1. The molecule has 6 nitrogen and oxygen atoms in total. The molecular formula is C18H31N3O3. The van der Waals surface area contributed by atoms with E-state index in [1.165, 1.54) is 12.8 Å². The molecule has 136 valence electrons. The quantitative estimate of drug-likeness (QED) is 0.791. The third-order valence-electron chi connectivity index (χ3n) is 4.84. The average Bonchev–Trinajstić information content (AvgIpc) is 2.83. The van der Waals surface area contributed by atoms with Gasteiger partial charge in [-0.3, -0.25) is 9.48 Å². The van der Waals surface area contributed by atoms with E-state index < -0.39 is 0 Å². The number of hydrogen-bond donors (Lipinski definition) is 1. The Balaban J connectivity index is 1.78. The molecule has 0 aliphatic heterocycles. The highest BCUT2D eigenvalue weighted by Crippen LogP contribution is 2.25. The number of ether oxygens (including phenoxy) is 2. The molecule has 1 N–H and O–H groups in total. The maximum absolute atomic E-state index is 12.1. The highest BCUT2D eigenvalue weighted by molar-refractivity contribution is 5.77. The van der Waals surface area contributed by atoms with E-state index in [1.54, 1.807) is 7.11 Å². The molecule has 0 bridgehead atoms. The first-order valence-electron chi connectivity index (χ1n) is 8.91. The highest BCUT2D eigenvalue weighted by Gasteiger charge is 2.20. The van der Waals surface area contributed by atoms with Crippen LogP contribution in [0.4, 0.5) is 0 Å². The van der Waals surface area contributed by atoms with Crippen LogP contribution in [0, 0.1) is 19.8 Å². The van der Waals surface area contributed by atoms with E-state index in [2.05, 4.69) is 17.3 Å². The zero-order valence-corrected chi connectivity index (χ0v) is 15.4. The van der Waals surface area contributed by atoms with Gasteiger partial charge in [0.05, 0.1) is 24.9 Å². The molecule has 1 aromatic rings. The number of hydrogen-bond acceptors (Lipinski definition) is 4. The molecular weight excluding hydrogens is 306 g/mol. The van der Waals surface area contributed by atoms with Crippen molar-refractivity contribution in [2.45, 2.75) is 65.6 Å². The molecule has 0 radical (unpaired) electrons. The smallest absolute Gasteiger partial charge is 0.246 e. The molecule has 2 atom stereocenters. The second-order valence-corrected chi connectivity index (χ2v) is 6.85. The maximum Gasteiger partial charge on any atom is 0.246 e. The van der Waals surface area contributed by atoms with Gasteiger partial charge in [0.25, 0.3) is 0 Å². The molecule has 1 aliphatic rings. The van der Waals surface area contributed by atoms with Crippen molar-refractivity contribution in [1.29, 1.82) is 0 Å². The first-order chi connectivity index (χ1) is 11.5. The number of aryl methyl sites for hydroxylation is 1. The van der Waals surface area contributed by atoms with Gasteiger partial charge in [-0.2, -0.15) is 5.10 Å². The first-order valence-corrected chi connectivity index (χ1v) is 8.91. The van der Waals surface area contributed by atoms with Crippen molar-refractivity contribution in [3.63, 3.8) is 0 Å². The topological polar surface area (TPSA) is 65.4 Å². The van der Waals surface area contributed by atoms with E-state index in [-0.39, 0.29) is 18.6 Å². The summed E-state index contributed by atoms with van der Waals surface area (Å²) in [6, 6.07) is 0. The minimum absolute atomic E-state index is 0.0586. The highest BCUT2D eigenvalue weighted by atomic mass is 16.5. The fourth-order valence-corrected chi connectivity index (χ4v) is 3.35. The van der Waals surface area contributed by atoms with Crippen LogP contribution in [0.2, 0.25) is 0 Å². The van der Waals surface area contributed by atoms with Crippen molar-refractivity contribution in [1.82, 2.24) is 15.1 Å². The molecule has 1 aromatic heterocycles. The van der Waals surface area contributed by atoms with Crippen LogP contribution in [0.1, 0.15) is 49.6 Å². The third-order valence-corrected chi connectivity index (χ3v) is 4.84. The molecule has 2 unspecified atom stereocenters. The largest absolute Gasteiger partial charge is 0.383 e. The summed E-state index contributed by atoms with van der Waals surface area (Å²) in [5, 5.41) is 7.46. The Labute approximate surface area is 144 Å². The Kier molecular flexibility index (Phi) is 7.24. The number of carbonyl (C=O) groups excluding carboxylic acids is 1. The van der Waals surface area contributed by atoms with Crippen LogP contribution in [-0.2, 0) is 27.4 Å². The summed E-state index contributed by atoms with van der Waals surface area (Å²) in [6.07, 6.45) is 4.85. The van der Waals surface area contributed by atoms with Crippen LogP contribution < -0.4 is 5.32 Å². The zero-order chi connectivity index (χ0) is 17.5. The Bertz CT molecular complexity index is 542. The number of aromatic nitrogens is 2. The minimum Gasteiger partial charge on any atom is -0.383 e. The second-order valence-electron chi connectivity index (χ2n) is 6.85. The van der Waals surface area contributed by atoms with E-state index in [0.29, 0.717) is 19.1 Å². The Morgan fingerprint density at radius 1 is 1.38 bits per heavy atom. The Hall–Kier alpha value is -1.40. The Morgan fingerprint density at radius 2 is 2.17 bits per heavy atom. The van der Waals surface area contributed by atoms with Gasteiger partial charge in [-0.25, -0.2) is 0 Å². The van der Waals surface area contributed by atoms with Crippen molar-refractivity contribution in [3.05, 3.63) is 17.0 Å². The van der Waals surface area contributed by atoms with Crippen molar-refractivity contribution in [2.75, 3.05) is 20.3 Å². The average molecular weight is 337 g/mol. The van der Waals surface area contributed by atoms with Gasteiger partial charge >= 0.3 is 0 Å². The van der Waals surface area contributed by atoms with Gasteiger partial charge < -0.3 is 14.8 Å². The number of nitrogens with zero attached hydrogens (tertiary/aromatic N) is 2. The van der Waals surface area contributed by atoms with Gasteiger partial charge in [-0.15, -0.1) is 0 Å². The van der Waals surface area contributed by atoms with Crippen LogP contribution in [-0.4, -0.2) is 42.1 Å². The van der Waals surface area contributed by atoms with Crippen molar-refractivity contribution in [2.24, 2.45) is 5.92 Å². The van der Waals surface area contributed by atoms with Crippen molar-refractivity contribution < 1.29 is 14.3 Å². The van der Waals surface area contributed by atoms with Crippen LogP contribution in [0.5, 0.6) is 0 Å². The summed E-state index contributed by atoms with van der Waals surface area (Å²) < 4.78 is 12.8. The SMILES string of the molecule is COCCn1nc(C)c(CNC(=O)COC2CCCC(C)C2)c1C. The van der Waals surface area contributed by atoms with Gasteiger partial charge in [0.1, 0.15) is 6.61 Å². The van der Waals surface area contributed by atoms with Gasteiger partial charge in [0.15, 0.2) is 0 Å². The molecule has 0 aromatic carbocycles. The summed E-state index contributed by atoms with van der Waals surface area (Å²) in [5.74, 6) is 0.645. The summed E-state index contributed by atoms with van der Waals surface area (Å²) in [7, 11) is 1.68. The van der Waals surface area contributed by atoms with Crippen molar-refractivity contribution >= 4 is 5.91 Å². The van der Waals surface area contributed by atoms with Crippen LogP contribution in [0.3, 0.4) is 0 Å². The third kappa shape index (κ3) is 5.31. The zero-order valence-electron chi connectivity index (χ0n) is 15.4. The van der Waals surface area contributed by atoms with Gasteiger partial charge in [0.2, 0.25) is 5.91 Å². The van der Waals surface area contributed by atoms with Crippen molar-refractivity contribution in [3.8, 4) is 0 Å². The van der Waals surface area contributed by atoms with Crippen LogP contribution in [0.15, 0.2) is 0 Å². The normalized spacial score (nSPS) is 21.0. The van der Waals surface area contributed by atoms with E-state index >= 15 is 0 Å². The molecule has 1 saturated carbocycles. The van der Waals surface area contributed by atoms with E-state index in [9.17, 15) is 4.79 Å². The second kappa shape index (κ2) is 9.18. The number of nitrogens with one attached hydrogen (secondary N) is 1. The molecule has 1 aliphatic carbocycles. The lowest BCUT2D eigenvalue weighted by atomic mass is 9.89. The molecule has 0 spiro atoms. The lowest BCUT2D eigenvalue weighted by Gasteiger charge is -2.26. The lowest BCUT2D eigenvalue weighted by molar-refractivity contribution is -0.128. The first kappa shape index (κ1) is 18.9. The summed E-state index contributed by atoms with van der Waals surface area (Å²) in [5.41, 5.74) is 3.10.